The van der Waals surface area contributed by atoms with E-state index < -0.39 is 0 Å². The zero-order valence-electron chi connectivity index (χ0n) is 11.8. The lowest BCUT2D eigenvalue weighted by Gasteiger charge is -2.18. The molecule has 0 aliphatic rings. The third kappa shape index (κ3) is 4.49. The van der Waals surface area contributed by atoms with Crippen LogP contribution in [0.3, 0.4) is 0 Å². The van der Waals surface area contributed by atoms with E-state index in [1.54, 1.807) is 0 Å². The molecule has 3 heteroatoms. The lowest BCUT2D eigenvalue weighted by atomic mass is 10.1. The largest absolute Gasteiger partial charge is 0.493 e. The fraction of sp³-hybridized carbons (Fsp3) is 0.533. The van der Waals surface area contributed by atoms with Crippen molar-refractivity contribution in [3.8, 4) is 5.75 Å². The highest BCUT2D eigenvalue weighted by molar-refractivity contribution is 6.00. The van der Waals surface area contributed by atoms with Crippen molar-refractivity contribution in [2.75, 3.05) is 26.7 Å². The van der Waals surface area contributed by atoms with E-state index in [1.807, 2.05) is 38.2 Å². The van der Waals surface area contributed by atoms with Gasteiger partial charge in [0.15, 0.2) is 5.78 Å². The van der Waals surface area contributed by atoms with Crippen LogP contribution in [-0.2, 0) is 0 Å². The minimum atomic E-state index is 0.113. The number of nitrogens with zero attached hydrogens (tertiary/aromatic N) is 1. The maximum absolute atomic E-state index is 12.2. The highest BCUT2D eigenvalue weighted by atomic mass is 16.5. The quantitative estimate of drug-likeness (QED) is 0.696. The molecule has 0 unspecified atom stereocenters. The maximum Gasteiger partial charge on any atom is 0.180 e. The summed E-state index contributed by atoms with van der Waals surface area (Å²) < 4.78 is 5.48. The van der Waals surface area contributed by atoms with E-state index in [0.717, 1.165) is 6.54 Å². The van der Waals surface area contributed by atoms with Crippen LogP contribution in [0.1, 0.15) is 31.1 Å². The minimum absolute atomic E-state index is 0.113. The molecule has 0 atom stereocenters. The first-order chi connectivity index (χ1) is 8.54. The smallest absolute Gasteiger partial charge is 0.180 e. The monoisotopic (exact) mass is 249 g/mol. The van der Waals surface area contributed by atoms with E-state index in [2.05, 4.69) is 18.7 Å². The van der Waals surface area contributed by atoms with Crippen LogP contribution in [0.5, 0.6) is 5.75 Å². The SMILES string of the molecule is CCOc1ccccc1C(=O)CN(C)CC(C)C. The van der Waals surface area contributed by atoms with Gasteiger partial charge in [-0.1, -0.05) is 26.0 Å². The van der Waals surface area contributed by atoms with Gasteiger partial charge in [0.05, 0.1) is 18.7 Å². The summed E-state index contributed by atoms with van der Waals surface area (Å²) in [4.78, 5) is 14.3. The van der Waals surface area contributed by atoms with Crippen LogP contribution in [-0.4, -0.2) is 37.4 Å². The molecule has 1 aromatic carbocycles. The molecule has 0 saturated heterocycles. The second kappa shape index (κ2) is 7.17. The first-order valence-corrected chi connectivity index (χ1v) is 6.48. The third-order valence-electron chi connectivity index (χ3n) is 2.58. The van der Waals surface area contributed by atoms with Crippen molar-refractivity contribution in [2.45, 2.75) is 20.8 Å². The van der Waals surface area contributed by atoms with Crippen molar-refractivity contribution < 1.29 is 9.53 Å². The molecule has 0 heterocycles. The van der Waals surface area contributed by atoms with Gasteiger partial charge in [-0.2, -0.15) is 0 Å². The van der Waals surface area contributed by atoms with Gasteiger partial charge >= 0.3 is 0 Å². The van der Waals surface area contributed by atoms with Crippen molar-refractivity contribution in [3.63, 3.8) is 0 Å². The Hall–Kier alpha value is -1.35. The molecule has 0 aliphatic carbocycles. The summed E-state index contributed by atoms with van der Waals surface area (Å²) in [5.74, 6) is 1.36. The van der Waals surface area contributed by atoms with Crippen LogP contribution < -0.4 is 4.74 Å². The Morgan fingerprint density at radius 1 is 1.33 bits per heavy atom. The molecule has 18 heavy (non-hydrogen) atoms. The zero-order chi connectivity index (χ0) is 13.5. The summed E-state index contributed by atoms with van der Waals surface area (Å²) in [5.41, 5.74) is 0.676. The second-order valence-corrected chi connectivity index (χ2v) is 4.94. The third-order valence-corrected chi connectivity index (χ3v) is 2.58. The molecule has 1 aromatic rings. The van der Waals surface area contributed by atoms with Crippen LogP contribution >= 0.6 is 0 Å². The summed E-state index contributed by atoms with van der Waals surface area (Å²) in [5, 5.41) is 0. The molecule has 0 radical (unpaired) electrons. The predicted octanol–water partition coefficient (Wildman–Crippen LogP) is 2.86. The summed E-state index contributed by atoms with van der Waals surface area (Å²) >= 11 is 0. The highest BCUT2D eigenvalue weighted by Gasteiger charge is 2.14. The lowest BCUT2D eigenvalue weighted by Crippen LogP contribution is -2.29. The van der Waals surface area contributed by atoms with Gasteiger partial charge in [0.25, 0.3) is 0 Å². The second-order valence-electron chi connectivity index (χ2n) is 4.94. The van der Waals surface area contributed by atoms with Crippen LogP contribution in [0.2, 0.25) is 0 Å². The first kappa shape index (κ1) is 14.7. The van der Waals surface area contributed by atoms with Gasteiger partial charge in [0.2, 0.25) is 0 Å². The number of para-hydroxylation sites is 1. The Morgan fingerprint density at radius 2 is 2.00 bits per heavy atom. The number of Topliss-reactive ketones (excluding diaryl/α,β-unsaturated/α-hetero) is 1. The molecule has 1 rings (SSSR count). The fourth-order valence-electron chi connectivity index (χ4n) is 2.00. The normalized spacial score (nSPS) is 11.0. The molecule has 3 nitrogen and oxygen atoms in total. The van der Waals surface area contributed by atoms with Crippen LogP contribution in [0.25, 0.3) is 0 Å². The van der Waals surface area contributed by atoms with Gasteiger partial charge in [0.1, 0.15) is 5.75 Å². The number of likely N-dealkylation sites (N-methyl/N-ethyl adjacent to an activating group) is 1. The molecule has 0 bridgehead atoms. The zero-order valence-corrected chi connectivity index (χ0v) is 11.8. The Kier molecular flexibility index (Phi) is 5.86. The summed E-state index contributed by atoms with van der Waals surface area (Å²) in [7, 11) is 1.97. The Morgan fingerprint density at radius 3 is 2.61 bits per heavy atom. The molecule has 0 aliphatic heterocycles. The summed E-state index contributed by atoms with van der Waals surface area (Å²) in [6, 6.07) is 7.44. The number of hydrogen-bond donors (Lipinski definition) is 0. The van der Waals surface area contributed by atoms with E-state index in [1.165, 1.54) is 0 Å². The number of ether oxygens (including phenoxy) is 1. The predicted molar refractivity (Wildman–Crippen MR) is 74.3 cm³/mol. The molecule has 0 amide bonds. The number of carbonyl (C=O) groups is 1. The van der Waals surface area contributed by atoms with Gasteiger partial charge in [0, 0.05) is 6.54 Å². The standard InChI is InChI=1S/C15H23NO2/c1-5-18-15-9-7-6-8-13(15)14(17)11-16(4)10-12(2)3/h6-9,12H,5,10-11H2,1-4H3. The lowest BCUT2D eigenvalue weighted by molar-refractivity contribution is 0.0937. The molecule has 0 N–H and O–H groups in total. The number of rotatable bonds is 7. The molecule has 100 valence electrons. The summed E-state index contributed by atoms with van der Waals surface area (Å²) in [6.45, 7) is 8.15. The molecular weight excluding hydrogens is 226 g/mol. The summed E-state index contributed by atoms with van der Waals surface area (Å²) in [6.07, 6.45) is 0. The van der Waals surface area contributed by atoms with Crippen LogP contribution in [0.15, 0.2) is 24.3 Å². The number of carbonyl (C=O) groups excluding carboxylic acids is 1. The average Bonchev–Trinajstić information content (AvgIpc) is 2.28. The van der Waals surface area contributed by atoms with Crippen molar-refractivity contribution in [1.29, 1.82) is 0 Å². The number of hydrogen-bond acceptors (Lipinski definition) is 3. The fourth-order valence-corrected chi connectivity index (χ4v) is 2.00. The minimum Gasteiger partial charge on any atom is -0.493 e. The number of benzene rings is 1. The van der Waals surface area contributed by atoms with E-state index in [9.17, 15) is 4.79 Å². The van der Waals surface area contributed by atoms with Gasteiger partial charge < -0.3 is 4.74 Å². The molecule has 0 fully saturated rings. The van der Waals surface area contributed by atoms with Gasteiger partial charge in [-0.25, -0.2) is 0 Å². The maximum atomic E-state index is 12.2. The molecule has 0 saturated carbocycles. The van der Waals surface area contributed by atoms with Crippen molar-refractivity contribution >= 4 is 5.78 Å². The number of ketones is 1. The van der Waals surface area contributed by atoms with Crippen LogP contribution in [0, 0.1) is 5.92 Å². The van der Waals surface area contributed by atoms with Crippen molar-refractivity contribution in [1.82, 2.24) is 4.90 Å². The molecular formula is C15H23NO2. The van der Waals surface area contributed by atoms with Gasteiger partial charge in [-0.15, -0.1) is 0 Å². The van der Waals surface area contributed by atoms with Crippen LogP contribution in [0.4, 0.5) is 0 Å². The van der Waals surface area contributed by atoms with Crippen molar-refractivity contribution in [3.05, 3.63) is 29.8 Å². The average molecular weight is 249 g/mol. The topological polar surface area (TPSA) is 29.5 Å². The van der Waals surface area contributed by atoms with E-state index in [4.69, 9.17) is 4.74 Å². The Bertz CT molecular complexity index is 388. The van der Waals surface area contributed by atoms with E-state index in [0.29, 0.717) is 30.4 Å². The molecule has 0 spiro atoms. The van der Waals surface area contributed by atoms with Gasteiger partial charge in [-0.05, 0) is 32.0 Å². The Balaban J connectivity index is 2.71. The van der Waals surface area contributed by atoms with Gasteiger partial charge in [-0.3, -0.25) is 9.69 Å². The Labute approximate surface area is 110 Å². The highest BCUT2D eigenvalue weighted by Crippen LogP contribution is 2.18. The van der Waals surface area contributed by atoms with E-state index in [-0.39, 0.29) is 5.78 Å². The first-order valence-electron chi connectivity index (χ1n) is 6.48. The van der Waals surface area contributed by atoms with E-state index >= 15 is 0 Å². The van der Waals surface area contributed by atoms with Crippen molar-refractivity contribution in [2.24, 2.45) is 5.92 Å². The molecule has 0 aromatic heterocycles.